The molecule has 0 amide bonds. The Morgan fingerprint density at radius 2 is 1.25 bits per heavy atom. The molecule has 0 aliphatic heterocycles. The smallest absolute Gasteiger partial charge is 0.121 e. The van der Waals surface area contributed by atoms with E-state index in [0.29, 0.717) is 22.4 Å². The zero-order valence-electron chi connectivity index (χ0n) is 33.7. The maximum Gasteiger partial charge on any atom is 0.121 e. The molecule has 0 aliphatic rings. The minimum Gasteiger partial charge on any atom is -0.501 e. The molecule has 0 spiro atoms. The van der Waals surface area contributed by atoms with Crippen LogP contribution in [-0.2, 0) is 20.1 Å². The Morgan fingerprint density at radius 3 is 1.93 bits per heavy atom. The van der Waals surface area contributed by atoms with E-state index in [1.807, 2.05) is 103 Å². The van der Waals surface area contributed by atoms with Gasteiger partial charge in [0, 0.05) is 53.3 Å². The number of pyridine rings is 3. The van der Waals surface area contributed by atoms with E-state index in [2.05, 4.69) is 90.3 Å². The molecule has 0 atom stereocenters. The van der Waals surface area contributed by atoms with Gasteiger partial charge in [0.25, 0.3) is 0 Å². The van der Waals surface area contributed by atoms with Crippen molar-refractivity contribution in [3.63, 3.8) is 0 Å². The van der Waals surface area contributed by atoms with Crippen molar-refractivity contribution < 1.29 is 28.6 Å². The van der Waals surface area contributed by atoms with Crippen LogP contribution in [0.5, 0.6) is 0 Å². The molecule has 5 aromatic carbocycles. The second-order valence-electron chi connectivity index (χ2n) is 14.1. The van der Waals surface area contributed by atoms with E-state index in [9.17, 15) is 0 Å². The summed E-state index contributed by atoms with van der Waals surface area (Å²) < 4.78 is 30.8. The van der Waals surface area contributed by atoms with Gasteiger partial charge in [0.2, 0.25) is 0 Å². The van der Waals surface area contributed by atoms with Crippen molar-refractivity contribution in [1.29, 1.82) is 0 Å². The monoisotopic (exact) mass is 909 g/mol. The third kappa shape index (κ3) is 8.18. The van der Waals surface area contributed by atoms with Crippen LogP contribution in [0.1, 0.15) is 9.68 Å². The first-order valence-corrected chi connectivity index (χ1v) is 21.4. The van der Waals surface area contributed by atoms with E-state index < -0.39 is 14.9 Å². The van der Waals surface area contributed by atoms with Crippen molar-refractivity contribution in [3.05, 3.63) is 182 Å². The molecule has 0 saturated heterocycles. The number of rotatable bonds is 6. The molecule has 9 rings (SSSR count). The predicted molar refractivity (Wildman–Crippen MR) is 226 cm³/mol. The molecule has 0 N–H and O–H groups in total. The third-order valence-electron chi connectivity index (χ3n) is 9.42. The topological polar surface area (TPSA) is 51.8 Å². The standard InChI is InChI=1S/C30H20NO.C19H19N2Si.Ir/c1-20-17-28(31-19-27(20)22-11-6-3-7-12-22)26-14-8-13-25-24-16-15-23(18-29(24)32-30(25)26)21-9-4-2-5-10-21;1-22(2,3)16-12-13-18(20-14-16)19-11-7-10-17(21-19)15-8-5-4-6-9-15;/h2-13,15-19H,1H3;4-10,12-14H,1-3H3;/q2*-1;/i1D3;;. The molecule has 9 aromatic rings. The van der Waals surface area contributed by atoms with Crippen LogP contribution in [0.3, 0.4) is 0 Å². The SMILES string of the molecule is C[Si](C)(C)c1ccc(-c2[c-]ccc(-c3ccccc3)n2)nc1.[2H]C([2H])([2H])c1cc(-c2[c-]ccc3c2oc2cc(-c4ccccc4)ccc23)ncc1-c1ccccc1.[Ir]. The second-order valence-corrected chi connectivity index (χ2v) is 19.2. The van der Waals surface area contributed by atoms with Crippen LogP contribution in [0.4, 0.5) is 0 Å². The first kappa shape index (κ1) is 33.8. The maximum atomic E-state index is 8.15. The quantitative estimate of drug-likeness (QED) is 0.123. The van der Waals surface area contributed by atoms with E-state index in [1.165, 1.54) is 5.19 Å². The minimum atomic E-state index is -2.30. The number of benzene rings is 5. The molecule has 0 aliphatic carbocycles. The van der Waals surface area contributed by atoms with Crippen LogP contribution in [0.2, 0.25) is 19.6 Å². The number of hydrogen-bond donors (Lipinski definition) is 0. The molecule has 4 aromatic heterocycles. The summed E-state index contributed by atoms with van der Waals surface area (Å²) in [5.74, 6) is 0. The summed E-state index contributed by atoms with van der Waals surface area (Å²) >= 11 is 0. The van der Waals surface area contributed by atoms with E-state index >= 15 is 0 Å². The number of nitrogens with zero attached hydrogens (tertiary/aromatic N) is 3. The van der Waals surface area contributed by atoms with Crippen LogP contribution in [0, 0.1) is 19.0 Å². The number of aryl methyl sites for hydroxylation is 1. The van der Waals surface area contributed by atoms with Crippen LogP contribution in [0.15, 0.2) is 168 Å². The first-order valence-electron chi connectivity index (χ1n) is 19.4. The zero-order valence-corrected chi connectivity index (χ0v) is 34.1. The molecule has 6 heteroatoms. The van der Waals surface area contributed by atoms with Gasteiger partial charge in [-0.3, -0.25) is 4.98 Å². The van der Waals surface area contributed by atoms with Gasteiger partial charge in [-0.25, -0.2) is 0 Å². The van der Waals surface area contributed by atoms with Gasteiger partial charge in [0.1, 0.15) is 5.58 Å². The maximum absolute atomic E-state index is 8.15. The number of fused-ring (bicyclic) bond motifs is 3. The molecule has 0 bridgehead atoms. The van der Waals surface area contributed by atoms with Crippen molar-refractivity contribution in [3.8, 4) is 56.2 Å². The van der Waals surface area contributed by atoms with Gasteiger partial charge in [0.05, 0.1) is 13.7 Å². The molecular formula is C49H39IrN3OSi-2. The average Bonchev–Trinajstić information content (AvgIpc) is 3.62. The summed E-state index contributed by atoms with van der Waals surface area (Å²) in [4.78, 5) is 13.9. The van der Waals surface area contributed by atoms with Gasteiger partial charge in [-0.05, 0) is 63.0 Å². The van der Waals surface area contributed by atoms with Gasteiger partial charge in [-0.2, -0.15) is 12.1 Å². The van der Waals surface area contributed by atoms with E-state index in [1.54, 1.807) is 12.3 Å². The first-order chi connectivity index (χ1) is 27.5. The van der Waals surface area contributed by atoms with Crippen molar-refractivity contribution in [2.45, 2.75) is 26.5 Å². The van der Waals surface area contributed by atoms with E-state index in [-0.39, 0.29) is 25.7 Å². The number of hydrogen-bond acceptors (Lipinski definition) is 4. The van der Waals surface area contributed by atoms with Crippen molar-refractivity contribution in [2.75, 3.05) is 0 Å². The summed E-state index contributed by atoms with van der Waals surface area (Å²) in [6, 6.07) is 56.0. The Balaban J connectivity index is 0.000000192. The molecule has 271 valence electrons. The summed E-state index contributed by atoms with van der Waals surface area (Å²) in [7, 11) is -1.31. The molecule has 4 nitrogen and oxygen atoms in total. The molecule has 1 radical (unpaired) electrons. The fraction of sp³-hybridized carbons (Fsp3) is 0.0816. The Kier molecular flexibility index (Phi) is 10.0. The van der Waals surface area contributed by atoms with Crippen LogP contribution < -0.4 is 5.19 Å². The summed E-state index contributed by atoms with van der Waals surface area (Å²) in [5.41, 5.74) is 10.1. The van der Waals surface area contributed by atoms with Crippen LogP contribution in [0.25, 0.3) is 78.1 Å². The van der Waals surface area contributed by atoms with Crippen molar-refractivity contribution >= 4 is 35.2 Å². The van der Waals surface area contributed by atoms with Crippen molar-refractivity contribution in [1.82, 2.24) is 15.0 Å². The zero-order chi connectivity index (χ0) is 39.6. The second kappa shape index (κ2) is 16.3. The fourth-order valence-electron chi connectivity index (χ4n) is 6.45. The fourth-order valence-corrected chi connectivity index (χ4v) is 7.49. The molecule has 0 saturated carbocycles. The minimum absolute atomic E-state index is 0. The summed E-state index contributed by atoms with van der Waals surface area (Å²) in [6.07, 6.45) is 3.63. The Hall–Kier alpha value is -5.78. The third-order valence-corrected chi connectivity index (χ3v) is 11.4. The van der Waals surface area contributed by atoms with Gasteiger partial charge >= 0.3 is 0 Å². The number of aromatic nitrogens is 3. The van der Waals surface area contributed by atoms with Crippen LogP contribution in [-0.4, -0.2) is 23.0 Å². The number of furan rings is 1. The van der Waals surface area contributed by atoms with Crippen LogP contribution >= 0.6 is 0 Å². The Bertz CT molecular complexity index is 2810. The van der Waals surface area contributed by atoms with Gasteiger partial charge in [0.15, 0.2) is 0 Å². The van der Waals surface area contributed by atoms with Crippen molar-refractivity contribution in [2.24, 2.45) is 0 Å². The molecule has 4 heterocycles. The van der Waals surface area contributed by atoms with Gasteiger partial charge in [-0.15, -0.1) is 24.3 Å². The van der Waals surface area contributed by atoms with E-state index in [0.717, 1.165) is 55.7 Å². The van der Waals surface area contributed by atoms with Gasteiger partial charge in [-0.1, -0.05) is 152 Å². The summed E-state index contributed by atoms with van der Waals surface area (Å²) in [6.45, 7) is 4.67. The molecular weight excluding hydrogens is 867 g/mol. The molecule has 55 heavy (non-hydrogen) atoms. The molecule has 0 fully saturated rings. The average molecular weight is 909 g/mol. The summed E-state index contributed by atoms with van der Waals surface area (Å²) in [5, 5.41) is 3.29. The Labute approximate surface area is 341 Å². The van der Waals surface area contributed by atoms with E-state index in [4.69, 9.17) is 13.5 Å². The largest absolute Gasteiger partial charge is 0.501 e. The normalized spacial score (nSPS) is 12.2. The Morgan fingerprint density at radius 1 is 0.582 bits per heavy atom. The molecule has 0 unspecified atom stereocenters. The van der Waals surface area contributed by atoms with Gasteiger partial charge < -0.3 is 14.4 Å². The predicted octanol–water partition coefficient (Wildman–Crippen LogP) is 12.2.